The van der Waals surface area contributed by atoms with Crippen molar-refractivity contribution in [1.29, 1.82) is 0 Å². The van der Waals surface area contributed by atoms with Crippen molar-refractivity contribution in [3.8, 4) is 11.4 Å². The van der Waals surface area contributed by atoms with Gasteiger partial charge in [-0.15, -0.1) is 0 Å². The summed E-state index contributed by atoms with van der Waals surface area (Å²) in [5.41, 5.74) is 6.76. The van der Waals surface area contributed by atoms with Crippen molar-refractivity contribution in [2.24, 2.45) is 0 Å². The molecule has 3 N–H and O–H groups in total. The van der Waals surface area contributed by atoms with Crippen LogP contribution in [0.2, 0.25) is 0 Å². The van der Waals surface area contributed by atoms with Gasteiger partial charge >= 0.3 is 0 Å². The molecule has 0 saturated heterocycles. The van der Waals surface area contributed by atoms with E-state index in [0.717, 1.165) is 6.07 Å². The number of pyridine rings is 1. The van der Waals surface area contributed by atoms with Gasteiger partial charge < -0.3 is 11.1 Å². The number of nitrogens with one attached hydrogen (secondary N) is 1. The lowest BCUT2D eigenvalue weighted by molar-refractivity contribution is 0.574. The fourth-order valence-electron chi connectivity index (χ4n) is 2.04. The maximum atomic E-state index is 13.6. The van der Waals surface area contributed by atoms with Gasteiger partial charge in [0.25, 0.3) is 0 Å². The first-order valence-corrected chi connectivity index (χ1v) is 6.85. The van der Waals surface area contributed by atoms with Crippen LogP contribution >= 0.6 is 0 Å². The molecule has 0 aliphatic carbocycles. The van der Waals surface area contributed by atoms with Gasteiger partial charge in [-0.3, -0.25) is 0 Å². The van der Waals surface area contributed by atoms with Gasteiger partial charge in [-0.2, -0.15) is 0 Å². The Kier molecular flexibility index (Phi) is 4.09. The smallest absolute Gasteiger partial charge is 0.165 e. The van der Waals surface area contributed by atoms with E-state index in [1.165, 1.54) is 12.1 Å². The lowest BCUT2D eigenvalue weighted by Crippen LogP contribution is -2.05. The molecule has 5 nitrogen and oxygen atoms in total. The van der Waals surface area contributed by atoms with Crippen LogP contribution in [0.1, 0.15) is 5.56 Å². The second kappa shape index (κ2) is 6.35. The SMILES string of the molecule is Nc1ncccc1-c1nccc(NCc2ccc(F)cc2F)n1. The molecule has 23 heavy (non-hydrogen) atoms. The molecular weight excluding hydrogens is 300 g/mol. The van der Waals surface area contributed by atoms with E-state index < -0.39 is 11.6 Å². The lowest BCUT2D eigenvalue weighted by Gasteiger charge is -2.08. The second-order valence-electron chi connectivity index (χ2n) is 4.79. The van der Waals surface area contributed by atoms with Crippen molar-refractivity contribution in [3.05, 3.63) is 66.0 Å². The van der Waals surface area contributed by atoms with Gasteiger partial charge in [0.05, 0.1) is 5.56 Å². The number of hydrogen-bond acceptors (Lipinski definition) is 5. The fourth-order valence-corrected chi connectivity index (χ4v) is 2.04. The third-order valence-corrected chi connectivity index (χ3v) is 3.21. The third kappa shape index (κ3) is 3.39. The number of hydrogen-bond donors (Lipinski definition) is 2. The highest BCUT2D eigenvalue weighted by Gasteiger charge is 2.08. The predicted octanol–water partition coefficient (Wildman–Crippen LogP) is 3.01. The Morgan fingerprint density at radius 2 is 1.91 bits per heavy atom. The summed E-state index contributed by atoms with van der Waals surface area (Å²) in [7, 11) is 0. The summed E-state index contributed by atoms with van der Waals surface area (Å²) in [5, 5.41) is 2.98. The maximum absolute atomic E-state index is 13.6. The van der Waals surface area contributed by atoms with Gasteiger partial charge in [0.15, 0.2) is 5.82 Å². The molecule has 0 atom stereocenters. The Balaban J connectivity index is 1.79. The minimum absolute atomic E-state index is 0.172. The van der Waals surface area contributed by atoms with Crippen LogP contribution in [0, 0.1) is 11.6 Å². The zero-order chi connectivity index (χ0) is 16.2. The van der Waals surface area contributed by atoms with Crippen LogP contribution < -0.4 is 11.1 Å². The molecule has 0 fully saturated rings. The van der Waals surface area contributed by atoms with E-state index in [4.69, 9.17) is 5.73 Å². The van der Waals surface area contributed by atoms with Crippen LogP contribution in [0.5, 0.6) is 0 Å². The first-order valence-electron chi connectivity index (χ1n) is 6.85. The third-order valence-electron chi connectivity index (χ3n) is 3.21. The lowest BCUT2D eigenvalue weighted by atomic mass is 10.2. The molecule has 116 valence electrons. The average molecular weight is 313 g/mol. The molecule has 3 aromatic rings. The summed E-state index contributed by atoms with van der Waals surface area (Å²) in [4.78, 5) is 12.5. The van der Waals surface area contributed by atoms with Gasteiger partial charge in [0.1, 0.15) is 23.3 Å². The van der Waals surface area contributed by atoms with E-state index >= 15 is 0 Å². The van der Waals surface area contributed by atoms with Crippen molar-refractivity contribution in [1.82, 2.24) is 15.0 Å². The Morgan fingerprint density at radius 3 is 2.70 bits per heavy atom. The number of nitrogen functional groups attached to an aromatic ring is 1. The predicted molar refractivity (Wildman–Crippen MR) is 83.4 cm³/mol. The molecule has 0 bridgehead atoms. The summed E-state index contributed by atoms with van der Waals surface area (Å²) >= 11 is 0. The molecule has 2 aromatic heterocycles. The van der Waals surface area contributed by atoms with Crippen LogP contribution in [0.4, 0.5) is 20.4 Å². The van der Waals surface area contributed by atoms with Gasteiger partial charge in [-0.1, -0.05) is 6.07 Å². The summed E-state index contributed by atoms with van der Waals surface area (Å²) < 4.78 is 26.5. The zero-order valence-corrected chi connectivity index (χ0v) is 12.0. The molecule has 0 radical (unpaired) electrons. The number of aromatic nitrogens is 3. The minimum atomic E-state index is -0.609. The van der Waals surface area contributed by atoms with Crippen molar-refractivity contribution in [2.75, 3.05) is 11.1 Å². The number of nitrogens with two attached hydrogens (primary N) is 1. The summed E-state index contributed by atoms with van der Waals surface area (Å²) in [6.45, 7) is 0.172. The number of rotatable bonds is 4. The molecule has 0 amide bonds. The van der Waals surface area contributed by atoms with Crippen LogP contribution in [0.15, 0.2) is 48.8 Å². The molecule has 0 spiro atoms. The number of anilines is 2. The molecule has 0 aliphatic rings. The highest BCUT2D eigenvalue weighted by molar-refractivity contribution is 5.68. The number of halogens is 2. The van der Waals surface area contributed by atoms with Crippen molar-refractivity contribution in [3.63, 3.8) is 0 Å². The largest absolute Gasteiger partial charge is 0.383 e. The normalized spacial score (nSPS) is 10.5. The molecule has 2 heterocycles. The molecule has 0 aliphatic heterocycles. The van der Waals surface area contributed by atoms with Crippen LogP contribution in [0.3, 0.4) is 0 Å². The monoisotopic (exact) mass is 313 g/mol. The van der Waals surface area contributed by atoms with Crippen LogP contribution in [-0.2, 0) is 6.54 Å². The Labute approximate surface area is 131 Å². The zero-order valence-electron chi connectivity index (χ0n) is 12.0. The van der Waals surface area contributed by atoms with Crippen molar-refractivity contribution in [2.45, 2.75) is 6.54 Å². The second-order valence-corrected chi connectivity index (χ2v) is 4.79. The quantitative estimate of drug-likeness (QED) is 0.774. The molecule has 0 saturated carbocycles. The van der Waals surface area contributed by atoms with Crippen molar-refractivity contribution < 1.29 is 8.78 Å². The highest BCUT2D eigenvalue weighted by Crippen LogP contribution is 2.21. The first-order chi connectivity index (χ1) is 11.1. The number of nitrogens with zero attached hydrogens (tertiary/aromatic N) is 3. The van der Waals surface area contributed by atoms with E-state index in [2.05, 4.69) is 20.3 Å². The number of benzene rings is 1. The van der Waals surface area contributed by atoms with Gasteiger partial charge in [-0.25, -0.2) is 23.7 Å². The van der Waals surface area contributed by atoms with E-state index in [-0.39, 0.29) is 6.54 Å². The first kappa shape index (κ1) is 14.8. The summed E-state index contributed by atoms with van der Waals surface area (Å²) in [6.07, 6.45) is 3.15. The van der Waals surface area contributed by atoms with Gasteiger partial charge in [0, 0.05) is 30.6 Å². The molecule has 1 aromatic carbocycles. The van der Waals surface area contributed by atoms with Gasteiger partial charge in [0.2, 0.25) is 0 Å². The summed E-state index contributed by atoms with van der Waals surface area (Å²) in [5.74, 6) is 0.0299. The van der Waals surface area contributed by atoms with E-state index in [0.29, 0.717) is 28.6 Å². The minimum Gasteiger partial charge on any atom is -0.383 e. The van der Waals surface area contributed by atoms with E-state index in [1.54, 1.807) is 30.6 Å². The molecule has 0 unspecified atom stereocenters. The van der Waals surface area contributed by atoms with Crippen LogP contribution in [-0.4, -0.2) is 15.0 Å². The van der Waals surface area contributed by atoms with Gasteiger partial charge in [-0.05, 0) is 24.3 Å². The molecule has 7 heteroatoms. The average Bonchev–Trinajstić information content (AvgIpc) is 2.55. The van der Waals surface area contributed by atoms with Crippen LogP contribution in [0.25, 0.3) is 11.4 Å². The topological polar surface area (TPSA) is 76.7 Å². The Morgan fingerprint density at radius 1 is 1.04 bits per heavy atom. The summed E-state index contributed by atoms with van der Waals surface area (Å²) in [6, 6.07) is 8.60. The van der Waals surface area contributed by atoms with E-state index in [1.807, 2.05) is 0 Å². The standard InChI is InChI=1S/C16H13F2N5/c17-11-4-3-10(13(18)8-11)9-22-14-5-7-21-16(23-14)12-2-1-6-20-15(12)19/h1-8H,9H2,(H2,19,20)(H,21,22,23). The molecular formula is C16H13F2N5. The highest BCUT2D eigenvalue weighted by atomic mass is 19.1. The fraction of sp³-hybridized carbons (Fsp3) is 0.0625. The Bertz CT molecular complexity index is 838. The van der Waals surface area contributed by atoms with E-state index in [9.17, 15) is 8.78 Å². The Hall–Kier alpha value is -3.09. The molecule has 3 rings (SSSR count). The van der Waals surface area contributed by atoms with Crippen molar-refractivity contribution >= 4 is 11.6 Å². The maximum Gasteiger partial charge on any atom is 0.165 e.